The van der Waals surface area contributed by atoms with Crippen molar-refractivity contribution in [3.8, 4) is 11.1 Å². The van der Waals surface area contributed by atoms with Crippen molar-refractivity contribution in [1.82, 2.24) is 0 Å². The van der Waals surface area contributed by atoms with Crippen LogP contribution < -0.4 is 0 Å². The lowest BCUT2D eigenvalue weighted by atomic mass is 9.63. The van der Waals surface area contributed by atoms with Crippen LogP contribution >= 0.6 is 0 Å². The molecule has 5 rings (SSSR count). The number of hydrogen-bond acceptors (Lipinski definition) is 2. The molecule has 2 aliphatic carbocycles. The molecule has 3 aliphatic rings. The van der Waals surface area contributed by atoms with Gasteiger partial charge in [-0.2, -0.15) is 0 Å². The normalized spacial score (nSPS) is 27.3. The Labute approximate surface area is 217 Å². The molecule has 36 heavy (non-hydrogen) atoms. The minimum Gasteiger partial charge on any atom is -0.475 e. The zero-order valence-electron chi connectivity index (χ0n) is 22.6. The molecular weight excluding hydrogens is 445 g/mol. The van der Waals surface area contributed by atoms with Gasteiger partial charge in [-0.3, -0.25) is 0 Å². The van der Waals surface area contributed by atoms with Gasteiger partial charge < -0.3 is 4.74 Å². The molecular formula is C33H44FNO. The van der Waals surface area contributed by atoms with Crippen LogP contribution in [0.1, 0.15) is 108 Å². The Hall–Kier alpha value is -2.16. The number of ether oxygens (including phenoxy) is 1. The number of fused-ring (bicyclic) bond motifs is 1. The summed E-state index contributed by atoms with van der Waals surface area (Å²) in [4.78, 5) is 4.52. The van der Waals surface area contributed by atoms with Gasteiger partial charge in [0, 0.05) is 0 Å². The molecule has 4 atom stereocenters. The molecule has 0 bridgehead atoms. The Morgan fingerprint density at radius 1 is 0.889 bits per heavy atom. The molecule has 2 aromatic carbocycles. The summed E-state index contributed by atoms with van der Waals surface area (Å²) < 4.78 is 20.6. The van der Waals surface area contributed by atoms with Crippen molar-refractivity contribution in [3.05, 3.63) is 59.4 Å². The van der Waals surface area contributed by atoms with Crippen LogP contribution in [0.15, 0.2) is 47.5 Å². The summed E-state index contributed by atoms with van der Waals surface area (Å²) in [6, 6.07) is 14.3. The van der Waals surface area contributed by atoms with Crippen molar-refractivity contribution >= 4 is 5.90 Å². The topological polar surface area (TPSA) is 21.6 Å². The second-order valence-electron chi connectivity index (χ2n) is 12.4. The van der Waals surface area contributed by atoms with Gasteiger partial charge in [0.2, 0.25) is 5.90 Å². The van der Waals surface area contributed by atoms with Gasteiger partial charge in [-0.25, -0.2) is 9.38 Å². The Balaban J connectivity index is 1.18. The van der Waals surface area contributed by atoms with Crippen LogP contribution in [0.25, 0.3) is 11.1 Å². The predicted molar refractivity (Wildman–Crippen MR) is 148 cm³/mol. The molecule has 0 saturated heterocycles. The van der Waals surface area contributed by atoms with Crippen LogP contribution in [-0.2, 0) is 4.74 Å². The molecule has 2 nitrogen and oxygen atoms in total. The van der Waals surface area contributed by atoms with E-state index in [0.717, 1.165) is 28.9 Å². The monoisotopic (exact) mass is 489 g/mol. The predicted octanol–water partition coefficient (Wildman–Crippen LogP) is 9.32. The third kappa shape index (κ3) is 5.87. The lowest BCUT2D eigenvalue weighted by Gasteiger charge is -2.42. The molecule has 3 heteroatoms. The minimum absolute atomic E-state index is 0.271. The van der Waals surface area contributed by atoms with E-state index >= 15 is 0 Å². The molecule has 1 heterocycles. The first-order valence-corrected chi connectivity index (χ1v) is 14.5. The number of hydrogen-bond donors (Lipinski definition) is 0. The van der Waals surface area contributed by atoms with E-state index in [-0.39, 0.29) is 11.4 Å². The van der Waals surface area contributed by atoms with Crippen molar-refractivity contribution in [1.29, 1.82) is 0 Å². The Kier molecular flexibility index (Phi) is 7.84. The summed E-state index contributed by atoms with van der Waals surface area (Å²) in [7, 11) is 0. The zero-order valence-corrected chi connectivity index (χ0v) is 22.6. The number of halogens is 1. The fraction of sp³-hybridized carbons (Fsp3) is 0.606. The van der Waals surface area contributed by atoms with E-state index in [1.54, 1.807) is 12.1 Å². The number of unbranched alkanes of at least 4 members (excludes halogenated alkanes) is 3. The molecule has 2 fully saturated rings. The molecule has 0 N–H and O–H groups in total. The van der Waals surface area contributed by atoms with Gasteiger partial charge in [0.25, 0.3) is 0 Å². The van der Waals surface area contributed by atoms with Gasteiger partial charge >= 0.3 is 0 Å². The van der Waals surface area contributed by atoms with E-state index < -0.39 is 0 Å². The van der Waals surface area contributed by atoms with Crippen LogP contribution in [0.2, 0.25) is 0 Å². The van der Waals surface area contributed by atoms with Gasteiger partial charge in [0.05, 0.1) is 11.1 Å². The third-order valence-corrected chi connectivity index (χ3v) is 9.07. The largest absolute Gasteiger partial charge is 0.475 e. The van der Waals surface area contributed by atoms with E-state index in [9.17, 15) is 4.39 Å². The second kappa shape index (κ2) is 11.1. The zero-order chi connectivity index (χ0) is 25.1. The Morgan fingerprint density at radius 2 is 1.64 bits per heavy atom. The van der Waals surface area contributed by atoms with Gasteiger partial charge in [-0.05, 0) is 98.4 Å². The standard InChI is InChI=1S/C33H44FNO/c1-4-5-6-7-8-23-9-10-28-20-27(16-15-26(28)19-23)24-11-13-25(14-12-24)29-17-18-30(31(34)21-29)32-35-33(2,3)22-36-32/h11-14,17-18,21,23,26-28H,4-10,15-16,19-20,22H2,1-3H3/t23?,26-,27-,28-/m1/s1. The fourth-order valence-electron chi connectivity index (χ4n) is 6.95. The molecule has 2 aromatic rings. The van der Waals surface area contributed by atoms with Crippen molar-refractivity contribution in [2.75, 3.05) is 6.61 Å². The van der Waals surface area contributed by atoms with Gasteiger partial charge in [-0.1, -0.05) is 75.8 Å². The minimum atomic E-state index is -0.289. The van der Waals surface area contributed by atoms with Crippen LogP contribution in [-0.4, -0.2) is 18.0 Å². The third-order valence-electron chi connectivity index (χ3n) is 9.07. The molecule has 0 aromatic heterocycles. The summed E-state index contributed by atoms with van der Waals surface area (Å²) >= 11 is 0. The van der Waals surface area contributed by atoms with Gasteiger partial charge in [0.15, 0.2) is 0 Å². The first-order valence-electron chi connectivity index (χ1n) is 14.5. The SMILES string of the molecule is CCCCCCC1CC[C@@H]2C[C@H](c3ccc(-c4ccc(C5=NC(C)(C)CO5)c(F)c4)cc3)CC[C@@H]2C1. The van der Waals surface area contributed by atoms with Crippen molar-refractivity contribution < 1.29 is 9.13 Å². The molecule has 0 radical (unpaired) electrons. The highest BCUT2D eigenvalue weighted by molar-refractivity contribution is 5.96. The molecule has 0 amide bonds. The highest BCUT2D eigenvalue weighted by Crippen LogP contribution is 2.48. The molecule has 2 saturated carbocycles. The van der Waals surface area contributed by atoms with E-state index in [2.05, 4.69) is 36.2 Å². The maximum Gasteiger partial charge on any atom is 0.219 e. The van der Waals surface area contributed by atoms with E-state index in [1.807, 2.05) is 19.9 Å². The summed E-state index contributed by atoms with van der Waals surface area (Å²) in [5.41, 5.74) is 3.60. The average molecular weight is 490 g/mol. The van der Waals surface area contributed by atoms with Gasteiger partial charge in [0.1, 0.15) is 12.4 Å². The van der Waals surface area contributed by atoms with E-state index in [1.165, 1.54) is 76.2 Å². The highest BCUT2D eigenvalue weighted by Gasteiger charge is 2.35. The molecule has 1 aliphatic heterocycles. The first kappa shape index (κ1) is 25.5. The number of rotatable bonds is 8. The lowest BCUT2D eigenvalue weighted by Crippen LogP contribution is -2.30. The highest BCUT2D eigenvalue weighted by atomic mass is 19.1. The Bertz CT molecular complexity index is 1060. The van der Waals surface area contributed by atoms with Gasteiger partial charge in [-0.15, -0.1) is 0 Å². The first-order chi connectivity index (χ1) is 17.4. The average Bonchev–Trinajstić information content (AvgIpc) is 3.25. The number of aliphatic imine (C=N–C) groups is 1. The Morgan fingerprint density at radius 3 is 2.36 bits per heavy atom. The van der Waals surface area contributed by atoms with E-state index in [0.29, 0.717) is 24.0 Å². The van der Waals surface area contributed by atoms with Crippen LogP contribution in [0.4, 0.5) is 4.39 Å². The van der Waals surface area contributed by atoms with Crippen LogP contribution in [0.5, 0.6) is 0 Å². The van der Waals surface area contributed by atoms with Crippen molar-refractivity contribution in [2.24, 2.45) is 22.7 Å². The quantitative estimate of drug-likeness (QED) is 0.339. The van der Waals surface area contributed by atoms with E-state index in [4.69, 9.17) is 4.74 Å². The molecule has 1 unspecified atom stereocenters. The van der Waals surface area contributed by atoms with Crippen LogP contribution in [0.3, 0.4) is 0 Å². The smallest absolute Gasteiger partial charge is 0.219 e. The van der Waals surface area contributed by atoms with Crippen molar-refractivity contribution in [2.45, 2.75) is 103 Å². The molecule has 0 spiro atoms. The number of benzene rings is 2. The summed E-state index contributed by atoms with van der Waals surface area (Å²) in [5.74, 6) is 3.70. The van der Waals surface area contributed by atoms with Crippen molar-refractivity contribution in [3.63, 3.8) is 0 Å². The fourth-order valence-corrected chi connectivity index (χ4v) is 6.95. The summed E-state index contributed by atoms with van der Waals surface area (Å²) in [6.07, 6.45) is 15.5. The molecule has 194 valence electrons. The number of nitrogens with zero attached hydrogens (tertiary/aromatic N) is 1. The summed E-state index contributed by atoms with van der Waals surface area (Å²) in [6.45, 7) is 6.80. The second-order valence-corrected chi connectivity index (χ2v) is 12.4. The van der Waals surface area contributed by atoms with Crippen LogP contribution in [0, 0.1) is 23.6 Å². The summed E-state index contributed by atoms with van der Waals surface area (Å²) in [5, 5.41) is 0. The lowest BCUT2D eigenvalue weighted by molar-refractivity contribution is 0.113. The maximum absolute atomic E-state index is 14.9. The maximum atomic E-state index is 14.9.